The summed E-state index contributed by atoms with van der Waals surface area (Å²) >= 11 is 1.46. The summed E-state index contributed by atoms with van der Waals surface area (Å²) in [7, 11) is 0. The molecule has 0 atom stereocenters. The Bertz CT molecular complexity index is 942. The Morgan fingerprint density at radius 3 is 2.33 bits per heavy atom. The number of carbonyl (C=O) groups excluding carboxylic acids is 1. The molecule has 2 aromatic carbocycles. The molecule has 1 N–H and O–H groups in total. The van der Waals surface area contributed by atoms with Crippen LogP contribution in [0.5, 0.6) is 0 Å². The fourth-order valence-electron chi connectivity index (χ4n) is 2.23. The van der Waals surface area contributed by atoms with E-state index in [0.29, 0.717) is 22.2 Å². The van der Waals surface area contributed by atoms with Crippen LogP contribution in [0.1, 0.15) is 21.5 Å². The number of nitrogens with one attached hydrogen (secondary N) is 1. The fraction of sp³-hybridized carbons (Fsp3) is 0.105. The van der Waals surface area contributed by atoms with Crippen molar-refractivity contribution >= 4 is 29.2 Å². The minimum absolute atomic E-state index is 0.0669. The summed E-state index contributed by atoms with van der Waals surface area (Å²) in [5.41, 5.74) is 2.65. The molecule has 1 amide bonds. The van der Waals surface area contributed by atoms with Crippen molar-refractivity contribution in [2.45, 2.75) is 17.7 Å². The minimum atomic E-state index is -0.425. The molecular formula is C19H16N4O3S. The molecule has 0 radical (unpaired) electrons. The highest BCUT2D eigenvalue weighted by atomic mass is 32.2. The largest absolute Gasteiger partial charge is 0.305 e. The first kappa shape index (κ1) is 18.5. The number of nitro groups is 1. The maximum Gasteiger partial charge on any atom is 0.269 e. The summed E-state index contributed by atoms with van der Waals surface area (Å²) < 4.78 is 0. The second kappa shape index (κ2) is 8.41. The van der Waals surface area contributed by atoms with Crippen LogP contribution in [0.15, 0.2) is 65.7 Å². The average Bonchev–Trinajstić information content (AvgIpc) is 2.68. The van der Waals surface area contributed by atoms with Crippen molar-refractivity contribution in [3.8, 4) is 0 Å². The number of anilines is 1. The van der Waals surface area contributed by atoms with E-state index in [1.165, 1.54) is 23.9 Å². The highest BCUT2D eigenvalue weighted by Crippen LogP contribution is 2.22. The number of non-ortho nitro benzene ring substituents is 1. The number of nitrogens with zero attached hydrogens (tertiary/aromatic N) is 3. The SMILES string of the molecule is Cc1ccc(C(=O)Nc2ccc(SCc3ccc([N+](=O)[O-])cc3)nn2)cc1. The van der Waals surface area contributed by atoms with Crippen molar-refractivity contribution in [3.05, 3.63) is 87.5 Å². The number of carbonyl (C=O) groups is 1. The molecule has 0 unspecified atom stereocenters. The van der Waals surface area contributed by atoms with Crippen molar-refractivity contribution in [3.63, 3.8) is 0 Å². The summed E-state index contributed by atoms with van der Waals surface area (Å²) in [6, 6.07) is 17.1. The van der Waals surface area contributed by atoms with Gasteiger partial charge < -0.3 is 5.32 Å². The summed E-state index contributed by atoms with van der Waals surface area (Å²) in [6.07, 6.45) is 0. The zero-order valence-electron chi connectivity index (χ0n) is 14.5. The van der Waals surface area contributed by atoms with Crippen LogP contribution >= 0.6 is 11.8 Å². The fourth-order valence-corrected chi connectivity index (χ4v) is 3.00. The van der Waals surface area contributed by atoms with E-state index < -0.39 is 4.92 Å². The Balaban J connectivity index is 1.56. The topological polar surface area (TPSA) is 98.0 Å². The van der Waals surface area contributed by atoms with E-state index in [2.05, 4.69) is 15.5 Å². The molecule has 0 aliphatic heterocycles. The monoisotopic (exact) mass is 380 g/mol. The van der Waals surface area contributed by atoms with Crippen LogP contribution in [-0.4, -0.2) is 21.0 Å². The van der Waals surface area contributed by atoms with E-state index in [1.54, 1.807) is 36.4 Å². The van der Waals surface area contributed by atoms with Crippen LogP contribution in [0.2, 0.25) is 0 Å². The zero-order valence-corrected chi connectivity index (χ0v) is 15.3. The van der Waals surface area contributed by atoms with Crippen molar-refractivity contribution in [2.24, 2.45) is 0 Å². The lowest BCUT2D eigenvalue weighted by Crippen LogP contribution is -2.13. The lowest BCUT2D eigenvalue weighted by Gasteiger charge is -2.05. The van der Waals surface area contributed by atoms with Gasteiger partial charge in [-0.15, -0.1) is 10.2 Å². The summed E-state index contributed by atoms with van der Waals surface area (Å²) in [6.45, 7) is 1.96. The molecule has 0 bridgehead atoms. The van der Waals surface area contributed by atoms with Gasteiger partial charge in [0.05, 0.1) is 4.92 Å². The van der Waals surface area contributed by atoms with E-state index >= 15 is 0 Å². The Labute approximate surface area is 160 Å². The quantitative estimate of drug-likeness (QED) is 0.390. The van der Waals surface area contributed by atoms with Gasteiger partial charge in [-0.05, 0) is 36.8 Å². The predicted molar refractivity (Wildman–Crippen MR) is 104 cm³/mol. The van der Waals surface area contributed by atoms with Crippen LogP contribution in [0, 0.1) is 17.0 Å². The first-order valence-corrected chi connectivity index (χ1v) is 9.08. The zero-order chi connectivity index (χ0) is 19.2. The number of amides is 1. The summed E-state index contributed by atoms with van der Waals surface area (Å²) in [4.78, 5) is 22.4. The summed E-state index contributed by atoms with van der Waals surface area (Å²) in [5.74, 6) is 0.748. The van der Waals surface area contributed by atoms with E-state index in [1.807, 2.05) is 19.1 Å². The van der Waals surface area contributed by atoms with E-state index in [9.17, 15) is 14.9 Å². The van der Waals surface area contributed by atoms with Gasteiger partial charge in [-0.3, -0.25) is 14.9 Å². The Hall–Kier alpha value is -3.26. The molecule has 0 spiro atoms. The number of hydrogen-bond acceptors (Lipinski definition) is 6. The number of hydrogen-bond donors (Lipinski definition) is 1. The van der Waals surface area contributed by atoms with Gasteiger partial charge in [0.1, 0.15) is 5.03 Å². The van der Waals surface area contributed by atoms with Gasteiger partial charge in [-0.2, -0.15) is 0 Å². The maximum absolute atomic E-state index is 12.2. The van der Waals surface area contributed by atoms with E-state index in [0.717, 1.165) is 11.1 Å². The Morgan fingerprint density at radius 2 is 1.74 bits per heavy atom. The Morgan fingerprint density at radius 1 is 1.04 bits per heavy atom. The molecule has 3 rings (SSSR count). The standard InChI is InChI=1S/C19H16N4O3S/c1-13-2-6-15(7-3-13)19(24)20-17-10-11-18(22-21-17)27-12-14-4-8-16(9-5-14)23(25)26/h2-11H,12H2,1H3,(H,20,21,24). The number of thioether (sulfide) groups is 1. The number of rotatable bonds is 6. The van der Waals surface area contributed by atoms with Crippen LogP contribution < -0.4 is 5.32 Å². The van der Waals surface area contributed by atoms with Crippen LogP contribution in [-0.2, 0) is 5.75 Å². The Kier molecular flexibility index (Phi) is 5.77. The second-order valence-electron chi connectivity index (χ2n) is 5.79. The molecule has 136 valence electrons. The van der Waals surface area contributed by atoms with Gasteiger partial charge in [0.25, 0.3) is 11.6 Å². The third kappa shape index (κ3) is 5.11. The molecule has 0 fully saturated rings. The van der Waals surface area contributed by atoms with Crippen molar-refractivity contribution in [1.29, 1.82) is 0 Å². The van der Waals surface area contributed by atoms with Gasteiger partial charge in [0, 0.05) is 23.4 Å². The van der Waals surface area contributed by atoms with Crippen LogP contribution in [0.25, 0.3) is 0 Å². The van der Waals surface area contributed by atoms with Crippen molar-refractivity contribution < 1.29 is 9.72 Å². The number of aromatic nitrogens is 2. The normalized spacial score (nSPS) is 10.4. The van der Waals surface area contributed by atoms with Gasteiger partial charge in [0.2, 0.25) is 0 Å². The molecular weight excluding hydrogens is 364 g/mol. The second-order valence-corrected chi connectivity index (χ2v) is 6.78. The molecule has 8 heteroatoms. The van der Waals surface area contributed by atoms with Gasteiger partial charge in [-0.25, -0.2) is 0 Å². The molecule has 0 saturated heterocycles. The van der Waals surface area contributed by atoms with Crippen LogP contribution in [0.4, 0.5) is 11.5 Å². The van der Waals surface area contributed by atoms with Gasteiger partial charge in [-0.1, -0.05) is 41.6 Å². The van der Waals surface area contributed by atoms with Crippen LogP contribution in [0.3, 0.4) is 0 Å². The average molecular weight is 380 g/mol. The van der Waals surface area contributed by atoms with E-state index in [-0.39, 0.29) is 11.6 Å². The molecule has 27 heavy (non-hydrogen) atoms. The minimum Gasteiger partial charge on any atom is -0.305 e. The number of nitro benzene ring substituents is 1. The molecule has 0 aliphatic carbocycles. The maximum atomic E-state index is 12.2. The third-order valence-electron chi connectivity index (χ3n) is 3.73. The molecule has 0 saturated carbocycles. The molecule has 3 aromatic rings. The van der Waals surface area contributed by atoms with E-state index in [4.69, 9.17) is 0 Å². The third-order valence-corrected chi connectivity index (χ3v) is 4.72. The highest BCUT2D eigenvalue weighted by molar-refractivity contribution is 7.98. The lowest BCUT2D eigenvalue weighted by atomic mass is 10.1. The molecule has 1 aromatic heterocycles. The molecule has 7 nitrogen and oxygen atoms in total. The van der Waals surface area contributed by atoms with Crippen molar-refractivity contribution in [2.75, 3.05) is 5.32 Å². The van der Waals surface area contributed by atoms with Gasteiger partial charge >= 0.3 is 0 Å². The number of benzene rings is 2. The first-order valence-electron chi connectivity index (χ1n) is 8.09. The highest BCUT2D eigenvalue weighted by Gasteiger charge is 2.08. The predicted octanol–water partition coefficient (Wildman–Crippen LogP) is 4.24. The first-order chi connectivity index (χ1) is 13.0. The molecule has 0 aliphatic rings. The number of aryl methyl sites for hydroxylation is 1. The smallest absolute Gasteiger partial charge is 0.269 e. The summed E-state index contributed by atoms with van der Waals surface area (Å²) in [5, 5.41) is 22.2. The van der Waals surface area contributed by atoms with Crippen molar-refractivity contribution in [1.82, 2.24) is 10.2 Å². The molecule has 1 heterocycles. The lowest BCUT2D eigenvalue weighted by molar-refractivity contribution is -0.384. The van der Waals surface area contributed by atoms with Gasteiger partial charge in [0.15, 0.2) is 5.82 Å².